The molecule has 1 fully saturated rings. The zero-order valence-corrected chi connectivity index (χ0v) is 17.0. The Bertz CT molecular complexity index is 751. The van der Waals surface area contributed by atoms with Crippen LogP contribution in [-0.4, -0.2) is 52.4 Å². The van der Waals surface area contributed by atoms with Crippen LogP contribution < -0.4 is 0 Å². The summed E-state index contributed by atoms with van der Waals surface area (Å²) in [6.45, 7) is 9.56. The van der Waals surface area contributed by atoms with E-state index in [4.69, 9.17) is 9.72 Å². The van der Waals surface area contributed by atoms with Gasteiger partial charge in [0, 0.05) is 26.7 Å². The molecule has 1 amide bonds. The summed E-state index contributed by atoms with van der Waals surface area (Å²) in [6.07, 6.45) is 1.21. The molecule has 1 saturated heterocycles. The average molecular weight is 376 g/mol. The summed E-state index contributed by atoms with van der Waals surface area (Å²) in [4.78, 5) is 19.8. The van der Waals surface area contributed by atoms with E-state index < -0.39 is 0 Å². The van der Waals surface area contributed by atoms with Gasteiger partial charge in [0.05, 0.1) is 22.9 Å². The Morgan fingerprint density at radius 3 is 2.69 bits per heavy atom. The highest BCUT2D eigenvalue weighted by Gasteiger charge is 2.29. The van der Waals surface area contributed by atoms with Crippen LogP contribution in [0, 0.1) is 11.8 Å². The fraction of sp³-hybridized carbons (Fsp3) is 0.600. The van der Waals surface area contributed by atoms with Gasteiger partial charge in [-0.1, -0.05) is 37.7 Å². The molecule has 0 spiro atoms. The van der Waals surface area contributed by atoms with Crippen molar-refractivity contribution in [3.63, 3.8) is 0 Å². The minimum absolute atomic E-state index is 0.148. The second-order valence-electron chi connectivity index (χ2n) is 7.48. The largest absolute Gasteiger partial charge is 0.383 e. The number of likely N-dealkylation sites (tertiary alicyclic amines) is 1. The van der Waals surface area contributed by atoms with Crippen LogP contribution in [0.4, 0.5) is 0 Å². The Morgan fingerprint density at radius 1 is 1.31 bits per heavy atom. The summed E-state index contributed by atoms with van der Waals surface area (Å²) >= 11 is 1.56. The molecule has 1 aliphatic heterocycles. The molecule has 0 N–H and O–H groups in total. The first-order valence-electron chi connectivity index (χ1n) is 9.39. The van der Waals surface area contributed by atoms with Gasteiger partial charge in [-0.3, -0.25) is 4.79 Å². The molecule has 1 aromatic heterocycles. The predicted molar refractivity (Wildman–Crippen MR) is 106 cm³/mol. The molecule has 6 heteroatoms. The first kappa shape index (κ1) is 19.2. The second-order valence-corrected chi connectivity index (χ2v) is 8.78. The maximum absolute atomic E-state index is 13.0. The van der Waals surface area contributed by atoms with E-state index in [9.17, 15) is 4.79 Å². The lowest BCUT2D eigenvalue weighted by Gasteiger charge is -2.36. The number of piperidine rings is 1. The molecule has 0 saturated carbocycles. The van der Waals surface area contributed by atoms with Crippen molar-refractivity contribution < 1.29 is 9.53 Å². The second kappa shape index (κ2) is 8.44. The third-order valence-corrected chi connectivity index (χ3v) is 6.03. The number of nitrogens with zero attached hydrogens (tertiary/aromatic N) is 3. The van der Waals surface area contributed by atoms with Gasteiger partial charge in [0.2, 0.25) is 5.91 Å². The van der Waals surface area contributed by atoms with Crippen LogP contribution in [0.2, 0.25) is 0 Å². The molecular formula is C20H29N3O2S. The van der Waals surface area contributed by atoms with Gasteiger partial charge in [-0.15, -0.1) is 0 Å². The summed E-state index contributed by atoms with van der Waals surface area (Å²) in [5.74, 6) is 1.37. The van der Waals surface area contributed by atoms with Crippen LogP contribution in [0.25, 0.3) is 11.0 Å². The van der Waals surface area contributed by atoms with Crippen molar-refractivity contribution in [2.75, 3.05) is 26.8 Å². The third kappa shape index (κ3) is 4.23. The number of amides is 1. The normalized spacial score (nSPS) is 21.9. The standard InChI is InChI=1S/C20H29N3O2S/c1-14-11-15(2)13-22(12-14)19(24)16(3)26-20-21-17-7-5-6-8-18(17)23(20)9-10-25-4/h5-8,14-16H,9-13H2,1-4H3. The van der Waals surface area contributed by atoms with E-state index in [0.717, 1.165) is 35.8 Å². The van der Waals surface area contributed by atoms with Crippen LogP contribution in [0.1, 0.15) is 27.2 Å². The molecule has 2 aromatic rings. The van der Waals surface area contributed by atoms with Crippen molar-refractivity contribution in [1.82, 2.24) is 14.5 Å². The Kier molecular flexibility index (Phi) is 6.24. The molecule has 3 unspecified atom stereocenters. The van der Waals surface area contributed by atoms with Gasteiger partial charge in [0.25, 0.3) is 0 Å². The molecular weight excluding hydrogens is 346 g/mol. The number of thioether (sulfide) groups is 1. The minimum atomic E-state index is -0.148. The lowest BCUT2D eigenvalue weighted by molar-refractivity contribution is -0.132. The maximum Gasteiger partial charge on any atom is 0.235 e. The monoisotopic (exact) mass is 375 g/mol. The summed E-state index contributed by atoms with van der Waals surface area (Å²) in [6, 6.07) is 8.11. The lowest BCUT2D eigenvalue weighted by Crippen LogP contribution is -2.45. The van der Waals surface area contributed by atoms with Crippen molar-refractivity contribution in [2.45, 2.75) is 44.1 Å². The molecule has 0 aliphatic carbocycles. The molecule has 3 rings (SSSR count). The Labute approximate surface area is 160 Å². The number of ether oxygens (including phenoxy) is 1. The summed E-state index contributed by atoms with van der Waals surface area (Å²) in [5, 5.41) is 0.743. The number of methoxy groups -OCH3 is 1. The zero-order valence-electron chi connectivity index (χ0n) is 16.1. The zero-order chi connectivity index (χ0) is 18.7. The smallest absolute Gasteiger partial charge is 0.235 e. The Balaban J connectivity index is 1.78. The van der Waals surface area contributed by atoms with Crippen LogP contribution in [-0.2, 0) is 16.1 Å². The summed E-state index contributed by atoms with van der Waals surface area (Å²) < 4.78 is 7.42. The van der Waals surface area contributed by atoms with Gasteiger partial charge in [0.15, 0.2) is 5.16 Å². The molecule has 142 valence electrons. The molecule has 0 radical (unpaired) electrons. The molecule has 26 heavy (non-hydrogen) atoms. The van der Waals surface area contributed by atoms with E-state index in [2.05, 4.69) is 24.5 Å². The van der Waals surface area contributed by atoms with E-state index in [1.165, 1.54) is 6.42 Å². The van der Waals surface area contributed by atoms with E-state index in [0.29, 0.717) is 18.4 Å². The third-order valence-electron chi connectivity index (χ3n) is 4.95. The number of carbonyl (C=O) groups excluding carboxylic acids is 1. The van der Waals surface area contributed by atoms with Gasteiger partial charge in [-0.05, 0) is 37.3 Å². The number of aromatic nitrogens is 2. The fourth-order valence-electron chi connectivity index (χ4n) is 3.85. The van der Waals surface area contributed by atoms with Gasteiger partial charge >= 0.3 is 0 Å². The maximum atomic E-state index is 13.0. The van der Waals surface area contributed by atoms with Crippen LogP contribution >= 0.6 is 11.8 Å². The molecule has 1 aliphatic rings. The van der Waals surface area contributed by atoms with E-state index in [1.54, 1.807) is 18.9 Å². The van der Waals surface area contributed by atoms with Crippen LogP contribution in [0.3, 0.4) is 0 Å². The molecule has 5 nitrogen and oxygen atoms in total. The lowest BCUT2D eigenvalue weighted by atomic mass is 9.92. The quantitative estimate of drug-likeness (QED) is 0.723. The number of rotatable bonds is 6. The fourth-order valence-corrected chi connectivity index (χ4v) is 4.88. The topological polar surface area (TPSA) is 47.4 Å². The SMILES string of the molecule is COCCn1c(SC(C)C(=O)N2CC(C)CC(C)C2)nc2ccccc21. The Hall–Kier alpha value is -1.53. The number of carbonyl (C=O) groups is 1. The summed E-state index contributed by atoms with van der Waals surface area (Å²) in [7, 11) is 1.71. The van der Waals surface area contributed by atoms with Crippen molar-refractivity contribution >= 4 is 28.7 Å². The van der Waals surface area contributed by atoms with Crippen molar-refractivity contribution in [1.29, 1.82) is 0 Å². The number of para-hydroxylation sites is 2. The first-order valence-corrected chi connectivity index (χ1v) is 10.3. The first-order chi connectivity index (χ1) is 12.5. The van der Waals surface area contributed by atoms with Gasteiger partial charge in [0.1, 0.15) is 0 Å². The average Bonchev–Trinajstić information content (AvgIpc) is 2.95. The van der Waals surface area contributed by atoms with Crippen molar-refractivity contribution in [2.24, 2.45) is 11.8 Å². The number of benzene rings is 1. The van der Waals surface area contributed by atoms with Gasteiger partial charge in [-0.2, -0.15) is 0 Å². The highest BCUT2D eigenvalue weighted by molar-refractivity contribution is 8.00. The minimum Gasteiger partial charge on any atom is -0.383 e. The number of hydrogen-bond acceptors (Lipinski definition) is 4. The van der Waals surface area contributed by atoms with Gasteiger partial charge in [-0.25, -0.2) is 4.98 Å². The molecule has 1 aromatic carbocycles. The number of hydrogen-bond donors (Lipinski definition) is 0. The van der Waals surface area contributed by atoms with Crippen LogP contribution in [0.5, 0.6) is 0 Å². The highest BCUT2D eigenvalue weighted by atomic mass is 32.2. The van der Waals surface area contributed by atoms with E-state index in [-0.39, 0.29) is 11.2 Å². The molecule has 0 bridgehead atoms. The molecule has 2 heterocycles. The summed E-state index contributed by atoms with van der Waals surface area (Å²) in [5.41, 5.74) is 2.05. The van der Waals surface area contributed by atoms with Crippen molar-refractivity contribution in [3.8, 4) is 0 Å². The van der Waals surface area contributed by atoms with Crippen molar-refractivity contribution in [3.05, 3.63) is 24.3 Å². The van der Waals surface area contributed by atoms with Gasteiger partial charge < -0.3 is 14.2 Å². The van der Waals surface area contributed by atoms with E-state index in [1.807, 2.05) is 30.0 Å². The number of imidazole rings is 1. The Morgan fingerprint density at radius 2 is 2.00 bits per heavy atom. The highest BCUT2D eigenvalue weighted by Crippen LogP contribution is 2.30. The molecule has 3 atom stereocenters. The van der Waals surface area contributed by atoms with E-state index >= 15 is 0 Å². The number of fused-ring (bicyclic) bond motifs is 1. The predicted octanol–water partition coefficient (Wildman–Crippen LogP) is 3.67. The van der Waals surface area contributed by atoms with Crippen LogP contribution in [0.15, 0.2) is 29.4 Å².